The van der Waals surface area contributed by atoms with Crippen LogP contribution in [0.5, 0.6) is 5.88 Å². The number of fused-ring (bicyclic) bond motifs is 1. The summed E-state index contributed by atoms with van der Waals surface area (Å²) in [7, 11) is 1.51. The van der Waals surface area contributed by atoms with E-state index in [1.807, 2.05) is 30.5 Å². The maximum Gasteiger partial charge on any atom is 0.311 e. The molecule has 0 aliphatic heterocycles. The molecule has 3 rings (SSSR count). The Morgan fingerprint density at radius 2 is 2.16 bits per heavy atom. The number of anilines is 1. The highest BCUT2D eigenvalue weighted by atomic mass is 32.2. The lowest BCUT2D eigenvalue weighted by Crippen LogP contribution is -2.05. The number of ether oxygens (including phenoxy) is 1. The summed E-state index contributed by atoms with van der Waals surface area (Å²) in [4.78, 5) is 20.4. The highest BCUT2D eigenvalue weighted by molar-refractivity contribution is 7.98. The van der Waals surface area contributed by atoms with Gasteiger partial charge in [0.2, 0.25) is 5.88 Å². The van der Waals surface area contributed by atoms with Crippen LogP contribution in [0, 0.1) is 10.1 Å². The van der Waals surface area contributed by atoms with Crippen molar-refractivity contribution in [1.82, 2.24) is 9.97 Å². The summed E-state index contributed by atoms with van der Waals surface area (Å²) in [6, 6.07) is 11.4. The predicted octanol–water partition coefficient (Wildman–Crippen LogP) is 3.88. The molecule has 8 heteroatoms. The molecule has 0 aliphatic rings. The average molecular weight is 356 g/mol. The molecule has 3 aromatic rings. The van der Waals surface area contributed by atoms with Gasteiger partial charge in [0.25, 0.3) is 0 Å². The molecule has 0 spiro atoms. The Kier molecular flexibility index (Phi) is 4.99. The van der Waals surface area contributed by atoms with E-state index in [1.165, 1.54) is 13.3 Å². The van der Waals surface area contributed by atoms with Crippen LogP contribution >= 0.6 is 11.8 Å². The molecule has 25 heavy (non-hydrogen) atoms. The lowest BCUT2D eigenvalue weighted by Gasteiger charge is -2.11. The Morgan fingerprint density at radius 3 is 2.88 bits per heavy atom. The number of nitro groups is 1. The van der Waals surface area contributed by atoms with Crippen LogP contribution in [0.4, 0.5) is 11.4 Å². The summed E-state index contributed by atoms with van der Waals surface area (Å²) >= 11 is 1.65. The van der Waals surface area contributed by atoms with Gasteiger partial charge in [-0.3, -0.25) is 10.1 Å². The largest absolute Gasteiger partial charge is 0.481 e. The van der Waals surface area contributed by atoms with Gasteiger partial charge in [0, 0.05) is 22.9 Å². The molecule has 0 fully saturated rings. The first kappa shape index (κ1) is 17.0. The normalized spacial score (nSPS) is 10.6. The fourth-order valence-corrected chi connectivity index (χ4v) is 2.94. The summed E-state index contributed by atoms with van der Waals surface area (Å²) in [5, 5.41) is 15.1. The second-order valence-corrected chi connectivity index (χ2v) is 6.09. The SMILES string of the molecule is COc1ccc2c(NCc3cccc(SC)c3)c([N+](=O)[O-])cnc2n1. The van der Waals surface area contributed by atoms with E-state index in [1.54, 1.807) is 23.9 Å². The summed E-state index contributed by atoms with van der Waals surface area (Å²) in [5.41, 5.74) is 1.75. The zero-order valence-corrected chi connectivity index (χ0v) is 14.5. The molecule has 0 saturated carbocycles. The maximum absolute atomic E-state index is 11.4. The van der Waals surface area contributed by atoms with Crippen molar-refractivity contribution < 1.29 is 9.66 Å². The number of thioether (sulfide) groups is 1. The first-order valence-corrected chi connectivity index (χ1v) is 8.70. The summed E-state index contributed by atoms with van der Waals surface area (Å²) in [6.45, 7) is 0.459. The third-order valence-electron chi connectivity index (χ3n) is 3.69. The van der Waals surface area contributed by atoms with Crippen LogP contribution in [0.25, 0.3) is 11.0 Å². The van der Waals surface area contributed by atoms with Crippen LogP contribution in [-0.2, 0) is 6.54 Å². The highest BCUT2D eigenvalue weighted by Crippen LogP contribution is 2.32. The van der Waals surface area contributed by atoms with Gasteiger partial charge in [0.15, 0.2) is 5.65 Å². The minimum atomic E-state index is -0.447. The Labute approximate surface area is 148 Å². The van der Waals surface area contributed by atoms with Crippen molar-refractivity contribution >= 4 is 34.2 Å². The Hall–Kier alpha value is -2.87. The second kappa shape index (κ2) is 7.35. The number of benzene rings is 1. The van der Waals surface area contributed by atoms with Crippen molar-refractivity contribution in [3.63, 3.8) is 0 Å². The molecule has 0 amide bonds. The molecule has 0 saturated heterocycles. The topological polar surface area (TPSA) is 90.2 Å². The lowest BCUT2D eigenvalue weighted by molar-refractivity contribution is -0.384. The van der Waals surface area contributed by atoms with Crippen LogP contribution in [0.2, 0.25) is 0 Å². The van der Waals surface area contributed by atoms with Crippen molar-refractivity contribution in [3.8, 4) is 5.88 Å². The lowest BCUT2D eigenvalue weighted by atomic mass is 10.2. The van der Waals surface area contributed by atoms with Gasteiger partial charge in [0.1, 0.15) is 11.9 Å². The number of nitrogens with zero attached hydrogens (tertiary/aromatic N) is 3. The highest BCUT2D eigenvalue weighted by Gasteiger charge is 2.19. The Balaban J connectivity index is 1.99. The van der Waals surface area contributed by atoms with E-state index in [9.17, 15) is 10.1 Å². The molecular formula is C17H16N4O3S. The molecule has 2 aromatic heterocycles. The molecule has 128 valence electrons. The second-order valence-electron chi connectivity index (χ2n) is 5.21. The van der Waals surface area contributed by atoms with Crippen molar-refractivity contribution in [2.45, 2.75) is 11.4 Å². The molecule has 0 bridgehead atoms. The molecule has 7 nitrogen and oxygen atoms in total. The summed E-state index contributed by atoms with van der Waals surface area (Å²) < 4.78 is 5.09. The molecule has 0 aliphatic carbocycles. The van der Waals surface area contributed by atoms with E-state index in [0.717, 1.165) is 10.5 Å². The average Bonchev–Trinajstić information content (AvgIpc) is 2.65. The molecule has 2 heterocycles. The van der Waals surface area contributed by atoms with E-state index in [-0.39, 0.29) is 5.69 Å². The first-order valence-electron chi connectivity index (χ1n) is 7.47. The van der Waals surface area contributed by atoms with Gasteiger partial charge in [0.05, 0.1) is 12.0 Å². The van der Waals surface area contributed by atoms with Crippen LogP contribution in [0.1, 0.15) is 5.56 Å². The molecule has 0 radical (unpaired) electrons. The Morgan fingerprint density at radius 1 is 1.32 bits per heavy atom. The van der Waals surface area contributed by atoms with E-state index < -0.39 is 4.92 Å². The molecular weight excluding hydrogens is 340 g/mol. The van der Waals surface area contributed by atoms with Crippen LogP contribution in [0.15, 0.2) is 47.5 Å². The van der Waals surface area contributed by atoms with Gasteiger partial charge >= 0.3 is 5.69 Å². The Bertz CT molecular complexity index is 933. The van der Waals surface area contributed by atoms with Gasteiger partial charge in [-0.25, -0.2) is 4.98 Å². The quantitative estimate of drug-likeness (QED) is 0.407. The van der Waals surface area contributed by atoms with Gasteiger partial charge in [-0.05, 0) is 30.0 Å². The maximum atomic E-state index is 11.4. The first-order chi connectivity index (χ1) is 12.1. The predicted molar refractivity (Wildman–Crippen MR) is 98.3 cm³/mol. The van der Waals surface area contributed by atoms with Gasteiger partial charge in [-0.1, -0.05) is 12.1 Å². The minimum Gasteiger partial charge on any atom is -0.481 e. The van der Waals surface area contributed by atoms with E-state index in [0.29, 0.717) is 29.1 Å². The number of hydrogen-bond acceptors (Lipinski definition) is 7. The van der Waals surface area contributed by atoms with Gasteiger partial charge < -0.3 is 10.1 Å². The number of pyridine rings is 2. The fraction of sp³-hybridized carbons (Fsp3) is 0.176. The van der Waals surface area contributed by atoms with Crippen LogP contribution in [0.3, 0.4) is 0 Å². The van der Waals surface area contributed by atoms with Crippen molar-refractivity contribution in [2.24, 2.45) is 0 Å². The van der Waals surface area contributed by atoms with Crippen molar-refractivity contribution in [1.29, 1.82) is 0 Å². The summed E-state index contributed by atoms with van der Waals surface area (Å²) in [5.74, 6) is 0.410. The number of rotatable bonds is 6. The van der Waals surface area contributed by atoms with E-state index >= 15 is 0 Å². The van der Waals surface area contributed by atoms with Crippen LogP contribution in [-0.4, -0.2) is 28.3 Å². The smallest absolute Gasteiger partial charge is 0.311 e. The fourth-order valence-electron chi connectivity index (χ4n) is 2.46. The van der Waals surface area contributed by atoms with Gasteiger partial charge in [-0.2, -0.15) is 4.98 Å². The number of methoxy groups -OCH3 is 1. The van der Waals surface area contributed by atoms with Crippen molar-refractivity contribution in [3.05, 3.63) is 58.3 Å². The molecule has 1 N–H and O–H groups in total. The minimum absolute atomic E-state index is 0.0829. The number of nitrogens with one attached hydrogen (secondary N) is 1. The van der Waals surface area contributed by atoms with E-state index in [4.69, 9.17) is 4.74 Å². The standard InChI is InChI=1S/C17H16N4O3S/c1-24-15-7-6-13-16(14(21(22)23)10-19-17(13)20-15)18-9-11-4-3-5-12(8-11)25-2/h3-8,10H,9H2,1-2H3,(H,18,19,20). The molecule has 0 atom stereocenters. The monoisotopic (exact) mass is 356 g/mol. The molecule has 1 aromatic carbocycles. The third-order valence-corrected chi connectivity index (χ3v) is 4.42. The number of hydrogen-bond donors (Lipinski definition) is 1. The third kappa shape index (κ3) is 3.63. The molecule has 0 unspecified atom stereocenters. The van der Waals surface area contributed by atoms with E-state index in [2.05, 4.69) is 15.3 Å². The number of aromatic nitrogens is 2. The van der Waals surface area contributed by atoms with Crippen LogP contribution < -0.4 is 10.1 Å². The zero-order valence-electron chi connectivity index (χ0n) is 13.7. The zero-order chi connectivity index (χ0) is 17.8. The van der Waals surface area contributed by atoms with Gasteiger partial charge in [-0.15, -0.1) is 11.8 Å². The summed E-state index contributed by atoms with van der Waals surface area (Å²) in [6.07, 6.45) is 3.22. The van der Waals surface area contributed by atoms with Crippen molar-refractivity contribution in [2.75, 3.05) is 18.7 Å².